The van der Waals surface area contributed by atoms with Gasteiger partial charge in [0.05, 0.1) is 11.1 Å². The van der Waals surface area contributed by atoms with E-state index in [0.29, 0.717) is 12.8 Å². The summed E-state index contributed by atoms with van der Waals surface area (Å²) in [6, 6.07) is 3.31. The summed E-state index contributed by atoms with van der Waals surface area (Å²) in [5.74, 6) is -3.58. The Kier molecular flexibility index (Phi) is 4.58. The number of hydrogen-bond donors (Lipinski definition) is 2. The molecule has 3 rings (SSSR count). The second-order valence-corrected chi connectivity index (χ2v) is 5.54. The van der Waals surface area contributed by atoms with Crippen LogP contribution in [-0.2, 0) is 10.3 Å². The molecule has 0 aliphatic heterocycles. The highest BCUT2D eigenvalue weighted by atomic mass is 19.3. The largest absolute Gasteiger partial charge is 0.452 e. The van der Waals surface area contributed by atoms with Crippen molar-refractivity contribution in [1.82, 2.24) is 9.97 Å². The van der Waals surface area contributed by atoms with Crippen molar-refractivity contribution in [3.8, 4) is 6.01 Å². The third kappa shape index (κ3) is 3.48. The van der Waals surface area contributed by atoms with Crippen LogP contribution in [0.1, 0.15) is 24.0 Å². The van der Waals surface area contributed by atoms with Crippen LogP contribution in [0.4, 0.5) is 17.6 Å². The first-order valence-corrected chi connectivity index (χ1v) is 7.41. The molecule has 10 heteroatoms. The van der Waals surface area contributed by atoms with Crippen molar-refractivity contribution >= 4 is 11.8 Å². The van der Waals surface area contributed by atoms with E-state index in [4.69, 9.17) is 15.6 Å². The van der Waals surface area contributed by atoms with Gasteiger partial charge in [-0.2, -0.15) is 8.78 Å². The molecule has 1 heterocycles. The first kappa shape index (κ1) is 17.8. The van der Waals surface area contributed by atoms with Gasteiger partial charge in [0.15, 0.2) is 0 Å². The van der Waals surface area contributed by atoms with Gasteiger partial charge in [-0.05, 0) is 25.0 Å². The van der Waals surface area contributed by atoms with Gasteiger partial charge in [-0.1, -0.05) is 6.07 Å². The normalized spacial score (nSPS) is 14.8. The van der Waals surface area contributed by atoms with Crippen molar-refractivity contribution < 1.29 is 27.0 Å². The quantitative estimate of drug-likeness (QED) is 0.481. The van der Waals surface area contributed by atoms with E-state index in [9.17, 15) is 17.6 Å². The van der Waals surface area contributed by atoms with Crippen molar-refractivity contribution in [3.63, 3.8) is 0 Å². The van der Waals surface area contributed by atoms with Gasteiger partial charge in [0, 0.05) is 12.4 Å². The molecule has 0 amide bonds. The molecule has 26 heavy (non-hydrogen) atoms. The molecule has 1 aliphatic rings. The molecule has 1 aromatic heterocycles. The average Bonchev–Trinajstić information content (AvgIpc) is 3.35. The van der Waals surface area contributed by atoms with Crippen LogP contribution in [0.5, 0.6) is 6.01 Å². The molecular weight excluding hydrogens is 356 g/mol. The van der Waals surface area contributed by atoms with E-state index in [0.717, 1.165) is 24.5 Å². The number of benzene rings is 1. The van der Waals surface area contributed by atoms with Gasteiger partial charge in [-0.25, -0.2) is 18.7 Å². The molecular formula is C16H12F4N4O2. The van der Waals surface area contributed by atoms with E-state index in [1.807, 2.05) is 0 Å². The van der Waals surface area contributed by atoms with Crippen molar-refractivity contribution in [2.45, 2.75) is 24.9 Å². The maximum absolute atomic E-state index is 14.0. The lowest BCUT2D eigenvalue weighted by atomic mass is 10.1. The lowest BCUT2D eigenvalue weighted by Crippen LogP contribution is -2.21. The van der Waals surface area contributed by atoms with Crippen LogP contribution in [0.3, 0.4) is 0 Å². The third-order valence-corrected chi connectivity index (χ3v) is 3.71. The molecule has 1 aliphatic carbocycles. The number of nitrogens with zero attached hydrogens (tertiary/aromatic N) is 2. The summed E-state index contributed by atoms with van der Waals surface area (Å²) < 4.78 is 62.3. The number of aromatic nitrogens is 2. The lowest BCUT2D eigenvalue weighted by molar-refractivity contribution is 0.154. The number of halogens is 4. The maximum atomic E-state index is 14.0. The fraction of sp³-hybridized carbons (Fsp3) is 0.250. The molecule has 0 bridgehead atoms. The smallest absolute Gasteiger partial charge is 0.317 e. The molecule has 0 radical (unpaired) electrons. The summed E-state index contributed by atoms with van der Waals surface area (Å²) in [6.07, 6.45) is -0.265. The summed E-state index contributed by atoms with van der Waals surface area (Å²) in [7, 11) is 0. The summed E-state index contributed by atoms with van der Waals surface area (Å²) in [5, 5.41) is 14.4. The molecule has 1 saturated carbocycles. The fourth-order valence-electron chi connectivity index (χ4n) is 2.32. The Morgan fingerprint density at radius 3 is 2.15 bits per heavy atom. The van der Waals surface area contributed by atoms with Gasteiger partial charge >= 0.3 is 12.4 Å². The van der Waals surface area contributed by atoms with Crippen LogP contribution in [0.25, 0.3) is 0 Å². The Morgan fingerprint density at radius 2 is 1.65 bits per heavy atom. The van der Waals surface area contributed by atoms with Crippen molar-refractivity contribution in [1.29, 1.82) is 10.8 Å². The van der Waals surface area contributed by atoms with Crippen molar-refractivity contribution in [2.75, 3.05) is 0 Å². The van der Waals surface area contributed by atoms with Crippen molar-refractivity contribution in [2.24, 2.45) is 0 Å². The minimum Gasteiger partial charge on any atom is -0.452 e. The number of nitrogens with one attached hydrogen (secondary N) is 2. The molecule has 0 spiro atoms. The molecule has 2 aromatic rings. The Balaban J connectivity index is 1.74. The molecule has 0 atom stereocenters. The van der Waals surface area contributed by atoms with Crippen LogP contribution in [-0.4, -0.2) is 28.2 Å². The first-order chi connectivity index (χ1) is 12.3. The van der Waals surface area contributed by atoms with E-state index in [-0.39, 0.29) is 17.1 Å². The van der Waals surface area contributed by atoms with Crippen molar-refractivity contribution in [3.05, 3.63) is 53.4 Å². The Morgan fingerprint density at radius 1 is 1.08 bits per heavy atom. The molecule has 0 saturated heterocycles. The first-order valence-electron chi connectivity index (χ1n) is 7.41. The molecule has 6 nitrogen and oxygen atoms in total. The minimum atomic E-state index is -3.15. The van der Waals surface area contributed by atoms with Gasteiger partial charge in [0.1, 0.15) is 17.2 Å². The minimum absolute atomic E-state index is 0.0651. The zero-order valence-electron chi connectivity index (χ0n) is 13.1. The van der Waals surface area contributed by atoms with E-state index < -0.39 is 35.5 Å². The Bertz CT molecular complexity index is 834. The van der Waals surface area contributed by atoms with Gasteiger partial charge < -0.3 is 9.47 Å². The highest BCUT2D eigenvalue weighted by molar-refractivity contribution is 5.99. The average molecular weight is 368 g/mol. The van der Waals surface area contributed by atoms with E-state index in [2.05, 4.69) is 14.7 Å². The summed E-state index contributed by atoms with van der Waals surface area (Å²) >= 11 is 0. The summed E-state index contributed by atoms with van der Waals surface area (Å²) in [5.41, 5.74) is -1.46. The highest BCUT2D eigenvalue weighted by Crippen LogP contribution is 2.50. The van der Waals surface area contributed by atoms with Gasteiger partial charge in [-0.15, -0.1) is 0 Å². The predicted octanol–water partition coefficient (Wildman–Crippen LogP) is 3.41. The monoisotopic (exact) mass is 368 g/mol. The van der Waals surface area contributed by atoms with E-state index in [1.165, 1.54) is 6.07 Å². The Labute approximate surface area is 144 Å². The third-order valence-electron chi connectivity index (χ3n) is 3.71. The molecule has 2 N–H and O–H groups in total. The number of hydrogen-bond acceptors (Lipinski definition) is 6. The summed E-state index contributed by atoms with van der Waals surface area (Å²) in [6.45, 7) is 0. The van der Waals surface area contributed by atoms with Crippen LogP contribution in [0.15, 0.2) is 30.6 Å². The van der Waals surface area contributed by atoms with Crippen LogP contribution < -0.4 is 4.74 Å². The lowest BCUT2D eigenvalue weighted by Gasteiger charge is -2.18. The van der Waals surface area contributed by atoms with Gasteiger partial charge in [0.2, 0.25) is 5.90 Å². The maximum Gasteiger partial charge on any atom is 0.317 e. The zero-order chi connectivity index (χ0) is 18.9. The molecule has 0 unspecified atom stereocenters. The van der Waals surface area contributed by atoms with Crippen LogP contribution in [0, 0.1) is 22.5 Å². The van der Waals surface area contributed by atoms with Crippen LogP contribution >= 0.6 is 0 Å². The van der Waals surface area contributed by atoms with Gasteiger partial charge in [0.25, 0.3) is 5.90 Å². The molecule has 1 fully saturated rings. The second-order valence-electron chi connectivity index (χ2n) is 5.54. The number of alkyl halides is 2. The highest BCUT2D eigenvalue weighted by Gasteiger charge is 2.51. The fourth-order valence-corrected chi connectivity index (χ4v) is 2.32. The Hall–Kier alpha value is -3.04. The molecule has 136 valence electrons. The zero-order valence-corrected chi connectivity index (χ0v) is 13.1. The SMILES string of the molecule is N=C(OC(=N)C(F)F)c1cnc(OC2(c3c(F)cccc3F)CC2)nc1. The number of ether oxygens (including phenoxy) is 2. The second kappa shape index (κ2) is 6.70. The topological polar surface area (TPSA) is 91.9 Å². The standard InChI is InChI=1S/C16H12F4N4O2/c17-9-2-1-3-10(18)11(9)16(4-5-16)26-15-23-6-8(7-24-15)13(21)25-14(22)12(19)20/h1-3,6-7,12,21-22H,4-5H2. The van der Waals surface area contributed by atoms with Gasteiger partial charge in [-0.3, -0.25) is 10.8 Å². The number of rotatable bonds is 5. The predicted molar refractivity (Wildman–Crippen MR) is 81.6 cm³/mol. The van der Waals surface area contributed by atoms with E-state index >= 15 is 0 Å². The molecule has 1 aromatic carbocycles. The van der Waals surface area contributed by atoms with E-state index in [1.54, 1.807) is 0 Å². The summed E-state index contributed by atoms with van der Waals surface area (Å²) in [4.78, 5) is 7.61. The van der Waals surface area contributed by atoms with Crippen LogP contribution in [0.2, 0.25) is 0 Å².